The zero-order chi connectivity index (χ0) is 24.1. The predicted octanol–water partition coefficient (Wildman–Crippen LogP) is 3.46. The summed E-state index contributed by atoms with van der Waals surface area (Å²) in [4.78, 5) is 12.5. The molecule has 0 heterocycles. The topological polar surface area (TPSA) is 105 Å². The maximum atomic E-state index is 14.7. The zero-order valence-corrected chi connectivity index (χ0v) is 17.1. The van der Waals surface area contributed by atoms with Gasteiger partial charge in [0.25, 0.3) is 5.91 Å². The van der Waals surface area contributed by atoms with Gasteiger partial charge in [0.15, 0.2) is 17.7 Å². The highest BCUT2D eigenvalue weighted by Gasteiger charge is 2.49. The number of halogens is 5. The van der Waals surface area contributed by atoms with Crippen molar-refractivity contribution in [3.05, 3.63) is 64.7 Å². The number of benzene rings is 2. The molecule has 13 heteroatoms. The lowest BCUT2D eigenvalue weighted by molar-refractivity contribution is -0.133. The second kappa shape index (κ2) is 9.92. The minimum atomic E-state index is -6.24. The van der Waals surface area contributed by atoms with Crippen molar-refractivity contribution in [2.45, 2.75) is 25.1 Å². The van der Waals surface area contributed by atoms with Gasteiger partial charge < -0.3 is 14.2 Å². The summed E-state index contributed by atoms with van der Waals surface area (Å²) in [6.45, 7) is 1.04. The van der Waals surface area contributed by atoms with Crippen LogP contribution in [0.1, 0.15) is 29.7 Å². The first kappa shape index (κ1) is 25.0. The fourth-order valence-corrected chi connectivity index (χ4v) is 2.91. The number of nitrogens with one attached hydrogen (secondary N) is 1. The summed E-state index contributed by atoms with van der Waals surface area (Å²) in [6.07, 6.45) is -1.96. The van der Waals surface area contributed by atoms with Gasteiger partial charge in [-0.15, -0.1) is 0 Å². The van der Waals surface area contributed by atoms with Gasteiger partial charge in [-0.1, -0.05) is 12.1 Å². The average molecular weight is 478 g/mol. The van der Waals surface area contributed by atoms with Crippen molar-refractivity contribution in [3.63, 3.8) is 0 Å². The summed E-state index contributed by atoms with van der Waals surface area (Å²) in [5.41, 5.74) is -6.09. The summed E-state index contributed by atoms with van der Waals surface area (Å²) in [5, 5.41) is 11.1. The Hall–Kier alpha value is -3.24. The lowest BCUT2D eigenvalue weighted by Crippen LogP contribution is -2.32. The van der Waals surface area contributed by atoms with E-state index in [1.165, 1.54) is 31.2 Å². The van der Waals surface area contributed by atoms with E-state index in [2.05, 4.69) is 9.50 Å². The molecule has 0 radical (unpaired) electrons. The van der Waals surface area contributed by atoms with E-state index in [-0.39, 0.29) is 13.2 Å². The van der Waals surface area contributed by atoms with E-state index in [0.29, 0.717) is 23.3 Å². The first-order valence-electron chi connectivity index (χ1n) is 8.78. The van der Waals surface area contributed by atoms with Gasteiger partial charge in [-0.05, 0) is 36.8 Å². The van der Waals surface area contributed by atoms with Crippen LogP contribution in [-0.2, 0) is 26.2 Å². The van der Waals surface area contributed by atoms with Crippen LogP contribution >= 0.6 is 0 Å². The summed E-state index contributed by atoms with van der Waals surface area (Å²) >= 11 is 0. The van der Waals surface area contributed by atoms with Crippen molar-refractivity contribution in [3.8, 4) is 11.8 Å². The number of hydrogen-bond acceptors (Lipinski definition) is 6. The number of rotatable bonds is 8. The third kappa shape index (κ3) is 5.71. The van der Waals surface area contributed by atoms with Crippen molar-refractivity contribution < 1.29 is 44.1 Å². The van der Waals surface area contributed by atoms with Crippen LogP contribution in [-0.4, -0.2) is 26.4 Å². The number of hydrogen-bond donors (Lipinski definition) is 1. The molecule has 0 fully saturated rings. The summed E-state index contributed by atoms with van der Waals surface area (Å²) in [7, 11) is -6.24. The number of nitriles is 1. The molecule has 0 aliphatic heterocycles. The highest BCUT2D eigenvalue weighted by atomic mass is 32.2. The van der Waals surface area contributed by atoms with Crippen molar-refractivity contribution in [2.24, 2.45) is 0 Å². The maximum Gasteiger partial charge on any atom is 0.534 e. The molecular formula is C19H15F5N2O5S. The molecule has 2 aromatic carbocycles. The Bertz CT molecular complexity index is 1130. The summed E-state index contributed by atoms with van der Waals surface area (Å²) in [6, 6.07) is 8.68. The van der Waals surface area contributed by atoms with Crippen molar-refractivity contribution in [2.75, 3.05) is 6.61 Å². The van der Waals surface area contributed by atoms with Gasteiger partial charge in [-0.25, -0.2) is 8.78 Å². The van der Waals surface area contributed by atoms with Crippen LogP contribution in [0.25, 0.3) is 0 Å². The smallest absolute Gasteiger partial charge is 0.373 e. The predicted molar refractivity (Wildman–Crippen MR) is 99.3 cm³/mol. The Kier molecular flexibility index (Phi) is 7.76. The Morgan fingerprint density at radius 2 is 1.78 bits per heavy atom. The third-order valence-corrected chi connectivity index (χ3v) is 4.92. The van der Waals surface area contributed by atoms with Crippen LogP contribution in [0.3, 0.4) is 0 Å². The first-order valence-corrected chi connectivity index (χ1v) is 10.2. The molecule has 2 rings (SSSR count). The normalized spacial score (nSPS) is 12.7. The van der Waals surface area contributed by atoms with Gasteiger partial charge in [-0.2, -0.15) is 26.9 Å². The van der Waals surface area contributed by atoms with Crippen molar-refractivity contribution in [1.82, 2.24) is 5.32 Å². The molecular weight excluding hydrogens is 463 g/mol. The van der Waals surface area contributed by atoms with Gasteiger partial charge in [0.2, 0.25) is 0 Å². The second-order valence-electron chi connectivity index (χ2n) is 6.12. The molecule has 7 nitrogen and oxygen atoms in total. The summed E-state index contributed by atoms with van der Waals surface area (Å²) < 4.78 is 97.8. The van der Waals surface area contributed by atoms with E-state index in [1.54, 1.807) is 0 Å². The molecule has 0 unspecified atom stereocenters. The van der Waals surface area contributed by atoms with Gasteiger partial charge in [-0.3, -0.25) is 4.79 Å². The van der Waals surface area contributed by atoms with Gasteiger partial charge >= 0.3 is 15.6 Å². The molecule has 1 N–H and O–H groups in total. The second-order valence-corrected chi connectivity index (χ2v) is 7.66. The molecule has 0 saturated heterocycles. The van der Waals surface area contributed by atoms with E-state index in [4.69, 9.17) is 10.00 Å². The molecule has 1 atom stereocenters. The molecule has 172 valence electrons. The molecule has 0 saturated carbocycles. The van der Waals surface area contributed by atoms with E-state index in [1.807, 2.05) is 6.07 Å². The third-order valence-electron chi connectivity index (χ3n) is 3.96. The summed E-state index contributed by atoms with van der Waals surface area (Å²) in [5.74, 6) is -5.72. The standard InChI is InChI=1S/C19H15F5N2O5S/c1-2-30-17(18(27)26-10-12-5-3-11(9-25)4-6-12)15-13(20)7-8-14(16(15)21)31-32(28,29)19(22,23)24/h3-8,17H,2,10H2,1H3,(H,26,27)/t17-/m1/s1. The van der Waals surface area contributed by atoms with Crippen molar-refractivity contribution >= 4 is 16.0 Å². The molecule has 0 bridgehead atoms. The fraction of sp³-hybridized carbons (Fsp3) is 0.263. The zero-order valence-electron chi connectivity index (χ0n) is 16.2. The van der Waals surface area contributed by atoms with Gasteiger partial charge in [0.1, 0.15) is 5.82 Å². The maximum absolute atomic E-state index is 14.7. The number of carbonyl (C=O) groups excluding carboxylic acids is 1. The highest BCUT2D eigenvalue weighted by molar-refractivity contribution is 7.88. The van der Waals surface area contributed by atoms with Gasteiger partial charge in [0, 0.05) is 13.2 Å². The Balaban J connectivity index is 2.33. The molecule has 0 aromatic heterocycles. The van der Waals surface area contributed by atoms with E-state index in [0.717, 1.165) is 0 Å². The Labute approximate surface area is 179 Å². The number of alkyl halides is 3. The molecule has 2 aromatic rings. The lowest BCUT2D eigenvalue weighted by atomic mass is 10.1. The van der Waals surface area contributed by atoms with Crippen LogP contribution < -0.4 is 9.50 Å². The SMILES string of the molecule is CCO[C@@H](C(=O)NCc1ccc(C#N)cc1)c1c(F)ccc(OS(=O)(=O)C(F)(F)F)c1F. The monoisotopic (exact) mass is 478 g/mol. The Morgan fingerprint density at radius 3 is 2.31 bits per heavy atom. The quantitative estimate of drug-likeness (QED) is 0.354. The number of ether oxygens (including phenoxy) is 1. The van der Waals surface area contributed by atoms with Crippen LogP contribution in [0.5, 0.6) is 5.75 Å². The minimum Gasteiger partial charge on any atom is -0.373 e. The number of carbonyl (C=O) groups is 1. The first-order chi connectivity index (χ1) is 14.9. The van der Waals surface area contributed by atoms with Crippen LogP contribution in [0.4, 0.5) is 22.0 Å². The number of nitrogens with zero attached hydrogens (tertiary/aromatic N) is 1. The van der Waals surface area contributed by atoms with Gasteiger partial charge in [0.05, 0.1) is 17.2 Å². The lowest BCUT2D eigenvalue weighted by Gasteiger charge is -2.20. The van der Waals surface area contributed by atoms with Crippen LogP contribution in [0, 0.1) is 23.0 Å². The Morgan fingerprint density at radius 1 is 1.16 bits per heavy atom. The van der Waals surface area contributed by atoms with E-state index >= 15 is 0 Å². The highest BCUT2D eigenvalue weighted by Crippen LogP contribution is 2.34. The molecule has 0 spiro atoms. The molecule has 0 aliphatic carbocycles. The minimum absolute atomic E-state index is 0.129. The van der Waals surface area contributed by atoms with Crippen LogP contribution in [0.2, 0.25) is 0 Å². The van der Waals surface area contributed by atoms with E-state index in [9.17, 15) is 35.2 Å². The number of amides is 1. The van der Waals surface area contributed by atoms with Crippen LogP contribution in [0.15, 0.2) is 36.4 Å². The van der Waals surface area contributed by atoms with E-state index < -0.39 is 50.6 Å². The molecule has 1 amide bonds. The average Bonchev–Trinajstić information content (AvgIpc) is 2.73. The fourth-order valence-electron chi connectivity index (χ4n) is 2.46. The molecule has 0 aliphatic rings. The van der Waals surface area contributed by atoms with Crippen molar-refractivity contribution in [1.29, 1.82) is 5.26 Å². The largest absolute Gasteiger partial charge is 0.534 e. The molecule has 32 heavy (non-hydrogen) atoms.